The molecule has 0 unspecified atom stereocenters. The van der Waals surface area contributed by atoms with Gasteiger partial charge < -0.3 is 0 Å². The van der Waals surface area contributed by atoms with Gasteiger partial charge in [0, 0.05) is 24.0 Å². The van der Waals surface area contributed by atoms with E-state index in [2.05, 4.69) is 23.3 Å². The molecule has 1 aromatic heterocycles. The van der Waals surface area contributed by atoms with Crippen molar-refractivity contribution in [2.75, 3.05) is 19.8 Å². The molecule has 0 radical (unpaired) electrons. The second-order valence-corrected chi connectivity index (χ2v) is 6.65. The fourth-order valence-corrected chi connectivity index (χ4v) is 3.99. The van der Waals surface area contributed by atoms with Gasteiger partial charge in [0.2, 0.25) is 0 Å². The van der Waals surface area contributed by atoms with Gasteiger partial charge in [-0.05, 0) is 36.8 Å². The highest BCUT2D eigenvalue weighted by Crippen LogP contribution is 2.33. The molecular formula is C15H19N3O3S. The minimum Gasteiger partial charge on any atom is -0.278 e. The quantitative estimate of drug-likeness (QED) is 0.627. The van der Waals surface area contributed by atoms with E-state index in [1.54, 1.807) is 11.3 Å². The molecule has 118 valence electrons. The van der Waals surface area contributed by atoms with E-state index in [0.717, 1.165) is 22.8 Å². The minimum atomic E-state index is -0.707. The van der Waals surface area contributed by atoms with Crippen LogP contribution in [0.5, 0.6) is 0 Å². The minimum absolute atomic E-state index is 0.144. The first-order chi connectivity index (χ1) is 10.5. The Morgan fingerprint density at radius 2 is 1.95 bits per heavy atom. The van der Waals surface area contributed by atoms with Crippen molar-refractivity contribution >= 4 is 29.2 Å². The van der Waals surface area contributed by atoms with Crippen LogP contribution in [0.3, 0.4) is 0 Å². The van der Waals surface area contributed by atoms with Crippen LogP contribution in [0.4, 0.5) is 4.79 Å². The molecule has 2 aliphatic rings. The van der Waals surface area contributed by atoms with E-state index in [4.69, 9.17) is 0 Å². The van der Waals surface area contributed by atoms with Crippen molar-refractivity contribution in [2.45, 2.75) is 32.7 Å². The highest BCUT2D eigenvalue weighted by molar-refractivity contribution is 7.10. The maximum absolute atomic E-state index is 12.3. The molecule has 3 rings (SSSR count). The van der Waals surface area contributed by atoms with E-state index in [1.165, 1.54) is 10.4 Å². The SMILES string of the molecule is CCCN1C(=O)C(=O)N(CN2CCc3sccc3[C@H]2C)C1=O. The summed E-state index contributed by atoms with van der Waals surface area (Å²) in [5, 5.41) is 2.07. The molecule has 1 fully saturated rings. The van der Waals surface area contributed by atoms with E-state index in [1.807, 2.05) is 6.92 Å². The number of hydrogen-bond donors (Lipinski definition) is 0. The summed E-state index contributed by atoms with van der Waals surface area (Å²) in [6.07, 6.45) is 1.57. The summed E-state index contributed by atoms with van der Waals surface area (Å²) in [5.41, 5.74) is 1.26. The van der Waals surface area contributed by atoms with Crippen LogP contribution < -0.4 is 0 Å². The van der Waals surface area contributed by atoms with E-state index >= 15 is 0 Å². The summed E-state index contributed by atoms with van der Waals surface area (Å²) in [4.78, 5) is 41.8. The van der Waals surface area contributed by atoms with Gasteiger partial charge in [0.25, 0.3) is 0 Å². The summed E-state index contributed by atoms with van der Waals surface area (Å²) in [6.45, 7) is 5.21. The molecule has 0 spiro atoms. The number of carbonyl (C=O) groups excluding carboxylic acids is 3. The van der Waals surface area contributed by atoms with E-state index in [-0.39, 0.29) is 12.7 Å². The number of imide groups is 2. The van der Waals surface area contributed by atoms with Crippen LogP contribution in [0.2, 0.25) is 0 Å². The first kappa shape index (κ1) is 15.2. The van der Waals surface area contributed by atoms with Crippen molar-refractivity contribution in [1.29, 1.82) is 0 Å². The average molecular weight is 321 g/mol. The maximum Gasteiger partial charge on any atom is 0.335 e. The second kappa shape index (κ2) is 5.81. The maximum atomic E-state index is 12.3. The average Bonchev–Trinajstić information content (AvgIpc) is 3.05. The van der Waals surface area contributed by atoms with E-state index in [0.29, 0.717) is 13.0 Å². The Bertz CT molecular complexity index is 627. The molecule has 0 bridgehead atoms. The molecule has 2 aliphatic heterocycles. The van der Waals surface area contributed by atoms with Crippen LogP contribution in [0.1, 0.15) is 36.8 Å². The van der Waals surface area contributed by atoms with Crippen LogP contribution in [0.15, 0.2) is 11.4 Å². The molecule has 22 heavy (non-hydrogen) atoms. The van der Waals surface area contributed by atoms with Gasteiger partial charge in [0.05, 0.1) is 6.67 Å². The summed E-state index contributed by atoms with van der Waals surface area (Å²) < 4.78 is 0. The number of carbonyl (C=O) groups is 3. The van der Waals surface area contributed by atoms with E-state index in [9.17, 15) is 14.4 Å². The van der Waals surface area contributed by atoms with Crippen molar-refractivity contribution in [3.05, 3.63) is 21.9 Å². The largest absolute Gasteiger partial charge is 0.335 e. The summed E-state index contributed by atoms with van der Waals surface area (Å²) in [6, 6.07) is 1.75. The topological polar surface area (TPSA) is 60.9 Å². The number of hydrogen-bond acceptors (Lipinski definition) is 5. The van der Waals surface area contributed by atoms with Gasteiger partial charge in [-0.1, -0.05) is 6.92 Å². The lowest BCUT2D eigenvalue weighted by atomic mass is 10.0. The van der Waals surface area contributed by atoms with Crippen molar-refractivity contribution in [1.82, 2.24) is 14.7 Å². The van der Waals surface area contributed by atoms with Gasteiger partial charge in [-0.3, -0.25) is 19.4 Å². The van der Waals surface area contributed by atoms with Crippen molar-refractivity contribution in [3.8, 4) is 0 Å². The van der Waals surface area contributed by atoms with Crippen LogP contribution >= 0.6 is 11.3 Å². The number of amides is 4. The number of thiophene rings is 1. The summed E-state index contributed by atoms with van der Waals surface area (Å²) >= 11 is 1.75. The third kappa shape index (κ3) is 2.34. The Hall–Kier alpha value is -1.73. The number of rotatable bonds is 4. The predicted molar refractivity (Wildman–Crippen MR) is 82.3 cm³/mol. The number of fused-ring (bicyclic) bond motifs is 1. The molecule has 0 aromatic carbocycles. The molecule has 7 heteroatoms. The van der Waals surface area contributed by atoms with E-state index < -0.39 is 17.8 Å². The van der Waals surface area contributed by atoms with Gasteiger partial charge in [-0.2, -0.15) is 0 Å². The molecule has 1 atom stereocenters. The monoisotopic (exact) mass is 321 g/mol. The van der Waals surface area contributed by atoms with Crippen molar-refractivity contribution < 1.29 is 14.4 Å². The van der Waals surface area contributed by atoms with Crippen LogP contribution in [0, 0.1) is 0 Å². The van der Waals surface area contributed by atoms with Gasteiger partial charge in [-0.25, -0.2) is 9.69 Å². The third-order valence-electron chi connectivity index (χ3n) is 4.31. The predicted octanol–water partition coefficient (Wildman–Crippen LogP) is 1.83. The third-order valence-corrected chi connectivity index (χ3v) is 5.31. The standard InChI is InChI=1S/C15H19N3O3S/c1-3-6-17-13(19)14(20)18(15(17)21)9-16-7-4-12-11(10(16)2)5-8-22-12/h5,8,10H,3-4,6-7,9H2,1-2H3/t10-/m1/s1. The molecule has 3 heterocycles. The smallest absolute Gasteiger partial charge is 0.278 e. The highest BCUT2D eigenvalue weighted by atomic mass is 32.1. The zero-order chi connectivity index (χ0) is 15.9. The molecule has 0 aliphatic carbocycles. The Kier molecular flexibility index (Phi) is 4.01. The summed E-state index contributed by atoms with van der Waals surface area (Å²) in [5.74, 6) is -1.41. The van der Waals surface area contributed by atoms with Gasteiger partial charge in [0.1, 0.15) is 0 Å². The Morgan fingerprint density at radius 3 is 2.68 bits per heavy atom. The molecular weight excluding hydrogens is 302 g/mol. The fourth-order valence-electron chi connectivity index (χ4n) is 3.03. The lowest BCUT2D eigenvalue weighted by Gasteiger charge is -2.35. The first-order valence-electron chi connectivity index (χ1n) is 7.52. The molecule has 0 saturated carbocycles. The van der Waals surface area contributed by atoms with Crippen LogP contribution in [-0.4, -0.2) is 52.3 Å². The fraction of sp³-hybridized carbons (Fsp3) is 0.533. The van der Waals surface area contributed by atoms with Gasteiger partial charge >= 0.3 is 17.8 Å². The first-order valence-corrected chi connectivity index (χ1v) is 8.40. The lowest BCUT2D eigenvalue weighted by Crippen LogP contribution is -2.45. The Morgan fingerprint density at radius 1 is 1.23 bits per heavy atom. The number of nitrogens with zero attached hydrogens (tertiary/aromatic N) is 3. The molecule has 6 nitrogen and oxygen atoms in total. The molecule has 1 aromatic rings. The highest BCUT2D eigenvalue weighted by Gasteiger charge is 2.45. The molecule has 1 saturated heterocycles. The zero-order valence-electron chi connectivity index (χ0n) is 12.7. The second-order valence-electron chi connectivity index (χ2n) is 5.65. The lowest BCUT2D eigenvalue weighted by molar-refractivity contribution is -0.144. The number of urea groups is 1. The van der Waals surface area contributed by atoms with Crippen LogP contribution in [-0.2, 0) is 16.0 Å². The normalized spacial score (nSPS) is 22.6. The summed E-state index contributed by atoms with van der Waals surface area (Å²) in [7, 11) is 0. The van der Waals surface area contributed by atoms with Crippen LogP contribution in [0.25, 0.3) is 0 Å². The van der Waals surface area contributed by atoms with Crippen molar-refractivity contribution in [3.63, 3.8) is 0 Å². The zero-order valence-corrected chi connectivity index (χ0v) is 13.6. The molecule has 4 amide bonds. The van der Waals surface area contributed by atoms with Crippen molar-refractivity contribution in [2.24, 2.45) is 0 Å². The molecule has 0 N–H and O–H groups in total. The van der Waals surface area contributed by atoms with Gasteiger partial charge in [0.15, 0.2) is 0 Å². The Labute approximate surface area is 133 Å². The Balaban J connectivity index is 1.75. The van der Waals surface area contributed by atoms with Gasteiger partial charge in [-0.15, -0.1) is 11.3 Å².